The van der Waals surface area contributed by atoms with Crippen LogP contribution in [0.5, 0.6) is 5.75 Å². The highest BCUT2D eigenvalue weighted by Gasteiger charge is 2.36. The number of hydrogen-bond acceptors (Lipinski definition) is 4. The van der Waals surface area contributed by atoms with Gasteiger partial charge in [-0.25, -0.2) is 4.79 Å². The lowest BCUT2D eigenvalue weighted by atomic mass is 10.1. The molecule has 0 aliphatic carbocycles. The molecule has 6 heteroatoms. The molecule has 2 amide bonds. The fourth-order valence-corrected chi connectivity index (χ4v) is 2.91. The van der Waals surface area contributed by atoms with Crippen LogP contribution in [-0.2, 0) is 4.74 Å². The molecule has 1 aliphatic heterocycles. The highest BCUT2D eigenvalue weighted by Crippen LogP contribution is 2.22. The molecule has 25 heavy (non-hydrogen) atoms. The molecular formula is C19H28N2O4. The topological polar surface area (TPSA) is 59.1 Å². The summed E-state index contributed by atoms with van der Waals surface area (Å²) in [6.45, 7) is 10.3. The highest BCUT2D eigenvalue weighted by atomic mass is 16.6. The second kappa shape index (κ2) is 7.33. The number of piperazine rings is 1. The smallest absolute Gasteiger partial charge is 0.410 e. The molecule has 0 aromatic heterocycles. The van der Waals surface area contributed by atoms with E-state index in [-0.39, 0.29) is 24.1 Å². The second-order valence-corrected chi connectivity index (χ2v) is 7.52. The van der Waals surface area contributed by atoms with E-state index < -0.39 is 5.60 Å². The summed E-state index contributed by atoms with van der Waals surface area (Å²) in [6, 6.07) is 6.92. The van der Waals surface area contributed by atoms with Gasteiger partial charge in [-0.3, -0.25) is 4.79 Å². The Morgan fingerprint density at radius 3 is 2.28 bits per heavy atom. The van der Waals surface area contributed by atoms with Crippen molar-refractivity contribution in [2.45, 2.75) is 52.3 Å². The van der Waals surface area contributed by atoms with Crippen molar-refractivity contribution >= 4 is 12.0 Å². The molecule has 0 bridgehead atoms. The number of carbonyl (C=O) groups is 2. The van der Waals surface area contributed by atoms with E-state index in [2.05, 4.69) is 0 Å². The molecule has 1 heterocycles. The number of hydrogen-bond donors (Lipinski definition) is 0. The van der Waals surface area contributed by atoms with Gasteiger partial charge in [0, 0.05) is 30.7 Å². The van der Waals surface area contributed by atoms with Crippen LogP contribution in [0.2, 0.25) is 0 Å². The summed E-state index contributed by atoms with van der Waals surface area (Å²) in [5.41, 5.74) is 0.0530. The van der Waals surface area contributed by atoms with Crippen LogP contribution >= 0.6 is 0 Å². The fraction of sp³-hybridized carbons (Fsp3) is 0.579. The average Bonchev–Trinajstić information content (AvgIpc) is 2.54. The van der Waals surface area contributed by atoms with E-state index in [4.69, 9.17) is 9.47 Å². The maximum absolute atomic E-state index is 12.9. The number of nitrogens with zero attached hydrogens (tertiary/aromatic N) is 2. The molecule has 138 valence electrons. The Bertz CT molecular complexity index is 639. The van der Waals surface area contributed by atoms with Gasteiger partial charge in [-0.15, -0.1) is 0 Å². The first kappa shape index (κ1) is 19.1. The number of carbonyl (C=O) groups excluding carboxylic acids is 2. The van der Waals surface area contributed by atoms with Gasteiger partial charge >= 0.3 is 6.09 Å². The molecule has 2 atom stereocenters. The zero-order valence-corrected chi connectivity index (χ0v) is 15.9. The third-order valence-corrected chi connectivity index (χ3v) is 4.19. The summed E-state index contributed by atoms with van der Waals surface area (Å²) in [5, 5.41) is 0. The maximum Gasteiger partial charge on any atom is 0.410 e. The first-order chi connectivity index (χ1) is 11.6. The molecule has 0 unspecified atom stereocenters. The Morgan fingerprint density at radius 2 is 1.68 bits per heavy atom. The number of rotatable bonds is 2. The van der Waals surface area contributed by atoms with Crippen molar-refractivity contribution in [1.29, 1.82) is 0 Å². The summed E-state index contributed by atoms with van der Waals surface area (Å²) in [5.74, 6) is 0.598. The van der Waals surface area contributed by atoms with E-state index in [1.54, 1.807) is 35.1 Å². The molecular weight excluding hydrogens is 320 g/mol. The van der Waals surface area contributed by atoms with Crippen molar-refractivity contribution in [3.05, 3.63) is 29.8 Å². The summed E-state index contributed by atoms with van der Waals surface area (Å²) in [4.78, 5) is 28.8. The molecule has 1 aliphatic rings. The minimum atomic E-state index is -0.534. The quantitative estimate of drug-likeness (QED) is 0.824. The monoisotopic (exact) mass is 348 g/mol. The minimum absolute atomic E-state index is 0.0536. The number of benzene rings is 1. The van der Waals surface area contributed by atoms with Gasteiger partial charge < -0.3 is 19.3 Å². The Labute approximate surface area is 149 Å². The average molecular weight is 348 g/mol. The molecule has 0 spiro atoms. The van der Waals surface area contributed by atoms with Crippen LogP contribution in [0.1, 0.15) is 45.0 Å². The van der Waals surface area contributed by atoms with E-state index in [1.807, 2.05) is 40.7 Å². The van der Waals surface area contributed by atoms with Crippen molar-refractivity contribution in [2.24, 2.45) is 0 Å². The van der Waals surface area contributed by atoms with Gasteiger partial charge in [0.25, 0.3) is 5.91 Å². The van der Waals surface area contributed by atoms with Crippen molar-refractivity contribution in [3.63, 3.8) is 0 Å². The molecule has 0 saturated carbocycles. The predicted molar refractivity (Wildman–Crippen MR) is 95.9 cm³/mol. The Morgan fingerprint density at radius 1 is 1.08 bits per heavy atom. The van der Waals surface area contributed by atoms with Crippen LogP contribution in [0, 0.1) is 0 Å². The van der Waals surface area contributed by atoms with Gasteiger partial charge in [-0.1, -0.05) is 6.07 Å². The van der Waals surface area contributed by atoms with E-state index in [0.29, 0.717) is 24.4 Å². The van der Waals surface area contributed by atoms with Crippen LogP contribution < -0.4 is 4.74 Å². The highest BCUT2D eigenvalue weighted by molar-refractivity contribution is 5.95. The fourth-order valence-electron chi connectivity index (χ4n) is 2.91. The van der Waals surface area contributed by atoms with Crippen molar-refractivity contribution in [1.82, 2.24) is 9.80 Å². The van der Waals surface area contributed by atoms with Crippen molar-refractivity contribution < 1.29 is 19.1 Å². The van der Waals surface area contributed by atoms with Gasteiger partial charge in [0.1, 0.15) is 11.4 Å². The Hall–Kier alpha value is -2.24. The standard InChI is InChI=1S/C19H28N2O4/c1-13-12-21(18(23)25-19(3,4)5)14(2)11-20(13)17(22)15-8-7-9-16(10-15)24-6/h7-10,13-14H,11-12H2,1-6H3/t13-,14+/m0/s1. The van der Waals surface area contributed by atoms with Crippen LogP contribution in [0.3, 0.4) is 0 Å². The summed E-state index contributed by atoms with van der Waals surface area (Å²) in [6.07, 6.45) is -0.333. The van der Waals surface area contributed by atoms with E-state index in [1.165, 1.54) is 0 Å². The third kappa shape index (κ3) is 4.65. The largest absolute Gasteiger partial charge is 0.497 e. The SMILES string of the molecule is COc1cccc(C(=O)N2C[C@@H](C)N(C(=O)OC(C)(C)C)C[C@@H]2C)c1. The predicted octanol–water partition coefficient (Wildman–Crippen LogP) is 3.17. The number of methoxy groups -OCH3 is 1. The van der Waals surface area contributed by atoms with Crippen LogP contribution in [0.15, 0.2) is 24.3 Å². The van der Waals surface area contributed by atoms with Crippen molar-refractivity contribution in [3.8, 4) is 5.75 Å². The van der Waals surface area contributed by atoms with Crippen molar-refractivity contribution in [2.75, 3.05) is 20.2 Å². The third-order valence-electron chi connectivity index (χ3n) is 4.19. The summed E-state index contributed by atoms with van der Waals surface area (Å²) < 4.78 is 10.7. The number of amides is 2. The molecule has 1 aromatic rings. The van der Waals surface area contributed by atoms with Gasteiger partial charge in [0.15, 0.2) is 0 Å². The van der Waals surface area contributed by atoms with E-state index in [9.17, 15) is 9.59 Å². The summed E-state index contributed by atoms with van der Waals surface area (Å²) >= 11 is 0. The molecule has 1 aromatic carbocycles. The number of ether oxygens (including phenoxy) is 2. The lowest BCUT2D eigenvalue weighted by Crippen LogP contribution is -2.60. The lowest BCUT2D eigenvalue weighted by molar-refractivity contribution is -0.00788. The van der Waals surface area contributed by atoms with Crippen LogP contribution in [0.4, 0.5) is 4.79 Å². The normalized spacial score (nSPS) is 21.0. The molecule has 1 fully saturated rings. The maximum atomic E-state index is 12.9. The van der Waals surface area contributed by atoms with Gasteiger partial charge in [-0.05, 0) is 52.8 Å². The van der Waals surface area contributed by atoms with Crippen LogP contribution in [0.25, 0.3) is 0 Å². The molecule has 6 nitrogen and oxygen atoms in total. The van der Waals surface area contributed by atoms with Gasteiger partial charge in [-0.2, -0.15) is 0 Å². The second-order valence-electron chi connectivity index (χ2n) is 7.52. The first-order valence-electron chi connectivity index (χ1n) is 8.57. The minimum Gasteiger partial charge on any atom is -0.497 e. The van der Waals surface area contributed by atoms with Crippen LogP contribution in [-0.4, -0.2) is 59.7 Å². The molecule has 1 saturated heterocycles. The van der Waals surface area contributed by atoms with E-state index >= 15 is 0 Å². The van der Waals surface area contributed by atoms with E-state index in [0.717, 1.165) is 0 Å². The molecule has 2 rings (SSSR count). The van der Waals surface area contributed by atoms with Gasteiger partial charge in [0.2, 0.25) is 0 Å². The van der Waals surface area contributed by atoms with Gasteiger partial charge in [0.05, 0.1) is 7.11 Å². The Balaban J connectivity index is 2.11. The zero-order valence-electron chi connectivity index (χ0n) is 15.9. The molecule has 0 N–H and O–H groups in total. The molecule has 0 radical (unpaired) electrons. The summed E-state index contributed by atoms with van der Waals surface area (Å²) in [7, 11) is 1.58. The Kier molecular flexibility index (Phi) is 5.60. The zero-order chi connectivity index (χ0) is 18.8. The first-order valence-corrected chi connectivity index (χ1v) is 8.57. The lowest BCUT2D eigenvalue weighted by Gasteiger charge is -2.44.